The molecule has 1 aromatic carbocycles. The summed E-state index contributed by atoms with van der Waals surface area (Å²) in [5.41, 5.74) is 6.36. The van der Waals surface area contributed by atoms with Crippen LogP contribution in [0.5, 0.6) is 0 Å². The predicted octanol–water partition coefficient (Wildman–Crippen LogP) is 4.66. The molecule has 5 nitrogen and oxygen atoms in total. The van der Waals surface area contributed by atoms with Crippen LogP contribution in [0.15, 0.2) is 28.7 Å². The minimum Gasteiger partial charge on any atom is -0.459 e. The summed E-state index contributed by atoms with van der Waals surface area (Å²) in [7, 11) is 0. The second kappa shape index (κ2) is 7.08. The number of esters is 1. The van der Waals surface area contributed by atoms with Crippen molar-refractivity contribution in [2.24, 2.45) is 0 Å². The molecule has 0 saturated carbocycles. The normalized spacial score (nSPS) is 15.9. The minimum atomic E-state index is -0.299. The first-order valence-electron chi connectivity index (χ1n) is 9.27. The maximum absolute atomic E-state index is 11.2. The maximum atomic E-state index is 11.2. The van der Waals surface area contributed by atoms with Gasteiger partial charge in [-0.2, -0.15) is 0 Å². The number of halogens is 1. The monoisotopic (exact) mass is 427 g/mol. The van der Waals surface area contributed by atoms with Crippen molar-refractivity contribution in [3.63, 3.8) is 0 Å². The van der Waals surface area contributed by atoms with E-state index in [1.54, 1.807) is 0 Å². The topological polar surface area (TPSA) is 57.0 Å². The average molecular weight is 428 g/mol. The Morgan fingerprint density at radius 1 is 1.33 bits per heavy atom. The molecule has 0 radical (unpaired) electrons. The van der Waals surface area contributed by atoms with Crippen molar-refractivity contribution in [3.05, 3.63) is 56.9 Å². The summed E-state index contributed by atoms with van der Waals surface area (Å²) >= 11 is 3.58. The third kappa shape index (κ3) is 3.27. The molecule has 0 fully saturated rings. The van der Waals surface area contributed by atoms with E-state index in [0.717, 1.165) is 52.0 Å². The van der Waals surface area contributed by atoms with Gasteiger partial charge in [-0.3, -0.25) is 4.79 Å². The van der Waals surface area contributed by atoms with Gasteiger partial charge in [0.05, 0.1) is 11.7 Å². The van der Waals surface area contributed by atoms with Crippen LogP contribution in [0, 0.1) is 6.92 Å². The summed E-state index contributed by atoms with van der Waals surface area (Å²) in [6.45, 7) is 5.77. The average Bonchev–Trinajstić information content (AvgIpc) is 3.20. The van der Waals surface area contributed by atoms with Gasteiger partial charge in [0, 0.05) is 17.8 Å². The molecule has 0 unspecified atom stereocenters. The number of ether oxygens (including phenoxy) is 1. The summed E-state index contributed by atoms with van der Waals surface area (Å²) in [5.74, 6) is 0.749. The molecule has 0 N–H and O–H groups in total. The lowest BCUT2D eigenvalue weighted by molar-refractivity contribution is -0.142. The molecule has 4 rings (SSSR count). The van der Waals surface area contributed by atoms with Crippen molar-refractivity contribution < 1.29 is 9.53 Å². The molecular formula is C21H22BrN3O2. The first-order valence-corrected chi connectivity index (χ1v) is 10.1. The van der Waals surface area contributed by atoms with Gasteiger partial charge in [-0.25, -0.2) is 9.97 Å². The van der Waals surface area contributed by atoms with Crippen LogP contribution in [0.1, 0.15) is 54.5 Å². The van der Waals surface area contributed by atoms with E-state index in [0.29, 0.717) is 0 Å². The molecule has 27 heavy (non-hydrogen) atoms. The third-order valence-corrected chi connectivity index (χ3v) is 5.66. The Hall–Kier alpha value is -2.21. The number of nitrogens with zero attached hydrogens (tertiary/aromatic N) is 3. The number of aromatic nitrogens is 3. The van der Waals surface area contributed by atoms with Crippen LogP contribution in [0.3, 0.4) is 0 Å². The lowest BCUT2D eigenvalue weighted by Gasteiger charge is -2.17. The quantitative estimate of drug-likeness (QED) is 0.567. The Kier molecular flexibility index (Phi) is 4.76. The second-order valence-corrected chi connectivity index (χ2v) is 7.95. The lowest BCUT2D eigenvalue weighted by atomic mass is 10.1. The van der Waals surface area contributed by atoms with Crippen molar-refractivity contribution in [1.29, 1.82) is 0 Å². The van der Waals surface area contributed by atoms with Crippen LogP contribution in [0.4, 0.5) is 0 Å². The molecule has 140 valence electrons. The van der Waals surface area contributed by atoms with Gasteiger partial charge >= 0.3 is 5.97 Å². The number of rotatable bonds is 4. The van der Waals surface area contributed by atoms with Gasteiger partial charge in [0.1, 0.15) is 17.9 Å². The zero-order valence-electron chi connectivity index (χ0n) is 15.8. The highest BCUT2D eigenvalue weighted by molar-refractivity contribution is 9.10. The molecule has 2 aromatic heterocycles. The summed E-state index contributed by atoms with van der Waals surface area (Å²) in [5, 5.41) is 0. The summed E-state index contributed by atoms with van der Waals surface area (Å²) in [6, 6.07) is 8.72. The van der Waals surface area contributed by atoms with E-state index in [9.17, 15) is 4.79 Å². The molecule has 2 heterocycles. The molecule has 0 saturated heterocycles. The lowest BCUT2D eigenvalue weighted by Crippen LogP contribution is -2.12. The maximum Gasteiger partial charge on any atom is 0.303 e. The van der Waals surface area contributed by atoms with Gasteiger partial charge in [0.2, 0.25) is 0 Å². The van der Waals surface area contributed by atoms with Crippen LogP contribution in [-0.2, 0) is 29.0 Å². The zero-order chi connectivity index (χ0) is 19.1. The molecule has 3 aromatic rings. The number of aryl methyl sites for hydroxylation is 3. The van der Waals surface area contributed by atoms with E-state index < -0.39 is 0 Å². The Bertz CT molecular complexity index is 1040. The van der Waals surface area contributed by atoms with Crippen molar-refractivity contribution in [1.82, 2.24) is 14.5 Å². The molecule has 0 spiro atoms. The number of pyridine rings is 1. The van der Waals surface area contributed by atoms with Gasteiger partial charge in [0.25, 0.3) is 0 Å². The van der Waals surface area contributed by atoms with E-state index in [-0.39, 0.29) is 18.6 Å². The molecule has 0 amide bonds. The third-order valence-electron chi connectivity index (χ3n) is 5.17. The molecular weight excluding hydrogens is 406 g/mol. The second-order valence-electron chi connectivity index (χ2n) is 7.03. The minimum absolute atomic E-state index is 0.187. The highest BCUT2D eigenvalue weighted by atomic mass is 79.9. The fourth-order valence-corrected chi connectivity index (χ4v) is 4.39. The molecule has 1 atom stereocenters. The molecule has 0 aliphatic heterocycles. The number of carbonyl (C=O) groups excluding carboxylic acids is 1. The highest BCUT2D eigenvalue weighted by Gasteiger charge is 2.28. The van der Waals surface area contributed by atoms with Crippen LogP contribution in [0.2, 0.25) is 0 Å². The van der Waals surface area contributed by atoms with Gasteiger partial charge in [0.15, 0.2) is 5.65 Å². The van der Waals surface area contributed by atoms with E-state index in [1.165, 1.54) is 18.1 Å². The van der Waals surface area contributed by atoms with E-state index in [2.05, 4.69) is 45.6 Å². The van der Waals surface area contributed by atoms with Gasteiger partial charge in [-0.1, -0.05) is 28.9 Å². The zero-order valence-corrected chi connectivity index (χ0v) is 17.3. The molecule has 0 bridgehead atoms. The van der Waals surface area contributed by atoms with Crippen LogP contribution < -0.4 is 0 Å². The van der Waals surface area contributed by atoms with Crippen molar-refractivity contribution in [2.75, 3.05) is 0 Å². The SMILES string of the molecule is CCc1nc2c(C)cc(COC(C)=O)nc2n1[C@H]1CCc2cc(Br)ccc21. The number of hydrogen-bond donors (Lipinski definition) is 0. The first kappa shape index (κ1) is 18.2. The van der Waals surface area contributed by atoms with Gasteiger partial charge in [-0.05, 0) is 54.7 Å². The highest BCUT2D eigenvalue weighted by Crippen LogP contribution is 2.38. The number of carbonyl (C=O) groups is 1. The Morgan fingerprint density at radius 2 is 2.15 bits per heavy atom. The van der Waals surface area contributed by atoms with Crippen molar-refractivity contribution in [2.45, 2.75) is 52.7 Å². The Balaban J connectivity index is 1.86. The fraction of sp³-hybridized carbons (Fsp3) is 0.381. The van der Waals surface area contributed by atoms with Crippen molar-refractivity contribution >= 4 is 33.1 Å². The number of imidazole rings is 1. The van der Waals surface area contributed by atoms with Crippen molar-refractivity contribution in [3.8, 4) is 0 Å². The summed E-state index contributed by atoms with van der Waals surface area (Å²) < 4.78 is 8.57. The molecule has 6 heteroatoms. The molecule has 1 aliphatic carbocycles. The van der Waals surface area contributed by atoms with Crippen LogP contribution >= 0.6 is 15.9 Å². The van der Waals surface area contributed by atoms with Crippen LogP contribution in [-0.4, -0.2) is 20.5 Å². The molecule has 1 aliphatic rings. The largest absolute Gasteiger partial charge is 0.459 e. The fourth-order valence-electron chi connectivity index (χ4n) is 3.99. The predicted molar refractivity (Wildman–Crippen MR) is 108 cm³/mol. The van der Waals surface area contributed by atoms with Gasteiger partial charge < -0.3 is 9.30 Å². The first-order chi connectivity index (χ1) is 13.0. The number of benzene rings is 1. The summed E-state index contributed by atoms with van der Waals surface area (Å²) in [6.07, 6.45) is 2.94. The Morgan fingerprint density at radius 3 is 2.89 bits per heavy atom. The van der Waals surface area contributed by atoms with E-state index in [4.69, 9.17) is 14.7 Å². The summed E-state index contributed by atoms with van der Waals surface area (Å²) in [4.78, 5) is 20.9. The number of fused-ring (bicyclic) bond motifs is 2. The van der Waals surface area contributed by atoms with E-state index >= 15 is 0 Å². The smallest absolute Gasteiger partial charge is 0.303 e. The van der Waals surface area contributed by atoms with Gasteiger partial charge in [-0.15, -0.1) is 0 Å². The Labute approximate surface area is 166 Å². The number of hydrogen-bond acceptors (Lipinski definition) is 4. The van der Waals surface area contributed by atoms with E-state index in [1.807, 2.05) is 13.0 Å². The van der Waals surface area contributed by atoms with Crippen LogP contribution in [0.25, 0.3) is 11.2 Å². The standard InChI is InChI=1S/C21H22BrN3O2/c1-4-19-24-20-12(2)9-16(11-27-13(3)26)23-21(20)25(19)18-8-5-14-10-15(22)6-7-17(14)18/h6-7,9-10,18H,4-5,8,11H2,1-3H3/t18-/m0/s1.